The molecule has 0 aromatic heterocycles. The average Bonchev–Trinajstić information content (AvgIpc) is 2.27. The summed E-state index contributed by atoms with van der Waals surface area (Å²) >= 11 is 4.91. The van der Waals surface area contributed by atoms with Gasteiger partial charge in [-0.3, -0.25) is 0 Å². The first-order valence-electron chi connectivity index (χ1n) is 4.56. The molecule has 1 rings (SSSR count). The summed E-state index contributed by atoms with van der Waals surface area (Å²) in [5.41, 5.74) is 0. The van der Waals surface area contributed by atoms with Gasteiger partial charge in [-0.15, -0.1) is 0 Å². The molecule has 0 radical (unpaired) electrons. The summed E-state index contributed by atoms with van der Waals surface area (Å²) in [5.74, 6) is 0.406. The third kappa shape index (κ3) is 3.79. The minimum absolute atomic E-state index is 0.0213. The van der Waals surface area contributed by atoms with Gasteiger partial charge in [0, 0.05) is 6.04 Å². The van der Waals surface area contributed by atoms with Crippen molar-refractivity contribution in [3.05, 3.63) is 0 Å². The third-order valence-electron chi connectivity index (χ3n) is 1.90. The molecule has 82 valence electrons. The molecule has 1 heterocycles. The lowest BCUT2D eigenvalue weighted by Gasteiger charge is -2.15. The van der Waals surface area contributed by atoms with E-state index in [0.717, 1.165) is 0 Å². The van der Waals surface area contributed by atoms with Crippen molar-refractivity contribution in [3.8, 4) is 0 Å². The second-order valence-electron chi connectivity index (χ2n) is 3.70. The van der Waals surface area contributed by atoms with Crippen LogP contribution in [-0.4, -0.2) is 37.2 Å². The molecule has 0 aliphatic carbocycles. The van der Waals surface area contributed by atoms with Crippen LogP contribution in [0.15, 0.2) is 0 Å². The van der Waals surface area contributed by atoms with E-state index < -0.39 is 9.84 Å². The van der Waals surface area contributed by atoms with E-state index in [2.05, 4.69) is 5.32 Å². The molecule has 0 bridgehead atoms. The standard InChI is InChI=1S/C8H15NO3S2/c1-6(2)12-8(13)9-7-3-4-14(10,11)5-7/h6-7H,3-5H2,1-2H3,(H,9,13)/t7-/m0/s1. The summed E-state index contributed by atoms with van der Waals surface area (Å²) in [6.45, 7) is 3.75. The summed E-state index contributed by atoms with van der Waals surface area (Å²) in [6.07, 6.45) is 0.636. The van der Waals surface area contributed by atoms with Gasteiger partial charge in [0.25, 0.3) is 5.17 Å². The number of thiocarbonyl (C=S) groups is 1. The summed E-state index contributed by atoms with van der Waals surface area (Å²) in [6, 6.07) is -0.0775. The van der Waals surface area contributed by atoms with Gasteiger partial charge >= 0.3 is 0 Å². The predicted octanol–water partition coefficient (Wildman–Crippen LogP) is 0.473. The smallest absolute Gasteiger partial charge is 0.257 e. The van der Waals surface area contributed by atoms with Gasteiger partial charge < -0.3 is 10.1 Å². The normalized spacial score (nSPS) is 24.9. The van der Waals surface area contributed by atoms with Crippen molar-refractivity contribution in [1.29, 1.82) is 0 Å². The number of ether oxygens (including phenoxy) is 1. The second kappa shape index (κ2) is 4.44. The van der Waals surface area contributed by atoms with E-state index in [1.165, 1.54) is 0 Å². The lowest BCUT2D eigenvalue weighted by atomic mass is 10.3. The molecule has 0 amide bonds. The Balaban J connectivity index is 2.36. The SMILES string of the molecule is CC(C)OC(=S)N[C@H]1CCS(=O)(=O)C1. The fourth-order valence-electron chi connectivity index (χ4n) is 1.32. The van der Waals surface area contributed by atoms with E-state index in [1.807, 2.05) is 13.8 Å². The van der Waals surface area contributed by atoms with Crippen LogP contribution in [0, 0.1) is 0 Å². The molecule has 1 aliphatic rings. The van der Waals surface area contributed by atoms with Gasteiger partial charge in [0.2, 0.25) is 0 Å². The van der Waals surface area contributed by atoms with Crippen LogP contribution in [0.3, 0.4) is 0 Å². The first-order valence-corrected chi connectivity index (χ1v) is 6.79. The zero-order valence-corrected chi connectivity index (χ0v) is 9.95. The Morgan fingerprint density at radius 3 is 2.64 bits per heavy atom. The van der Waals surface area contributed by atoms with Crippen molar-refractivity contribution in [2.45, 2.75) is 32.4 Å². The lowest BCUT2D eigenvalue weighted by molar-refractivity contribution is 0.222. The van der Waals surface area contributed by atoms with Gasteiger partial charge in [-0.25, -0.2) is 8.42 Å². The van der Waals surface area contributed by atoms with E-state index >= 15 is 0 Å². The molecular weight excluding hydrogens is 222 g/mol. The van der Waals surface area contributed by atoms with Crippen LogP contribution in [0.25, 0.3) is 0 Å². The van der Waals surface area contributed by atoms with Crippen LogP contribution < -0.4 is 5.32 Å². The van der Waals surface area contributed by atoms with Gasteiger partial charge in [0.15, 0.2) is 9.84 Å². The molecule has 1 aliphatic heterocycles. The number of nitrogens with one attached hydrogen (secondary N) is 1. The van der Waals surface area contributed by atoms with E-state index in [1.54, 1.807) is 0 Å². The minimum atomic E-state index is -2.85. The van der Waals surface area contributed by atoms with E-state index in [-0.39, 0.29) is 23.7 Å². The Bertz CT molecular complexity index is 311. The number of sulfone groups is 1. The van der Waals surface area contributed by atoms with Crippen molar-refractivity contribution < 1.29 is 13.2 Å². The molecule has 1 saturated heterocycles. The summed E-state index contributed by atoms with van der Waals surface area (Å²) in [7, 11) is -2.85. The third-order valence-corrected chi connectivity index (χ3v) is 3.88. The molecule has 0 saturated carbocycles. The maximum atomic E-state index is 11.1. The van der Waals surface area contributed by atoms with Crippen molar-refractivity contribution in [1.82, 2.24) is 5.32 Å². The molecule has 0 aromatic carbocycles. The highest BCUT2D eigenvalue weighted by molar-refractivity contribution is 7.91. The van der Waals surface area contributed by atoms with Gasteiger partial charge in [-0.2, -0.15) is 0 Å². The topological polar surface area (TPSA) is 55.4 Å². The Morgan fingerprint density at radius 2 is 2.21 bits per heavy atom. The van der Waals surface area contributed by atoms with E-state index in [9.17, 15) is 8.42 Å². The quantitative estimate of drug-likeness (QED) is 0.708. The highest BCUT2D eigenvalue weighted by Crippen LogP contribution is 2.11. The molecule has 14 heavy (non-hydrogen) atoms. The Labute approximate surface area is 89.9 Å². The van der Waals surface area contributed by atoms with Gasteiger partial charge in [-0.05, 0) is 32.5 Å². The number of rotatable bonds is 2. The van der Waals surface area contributed by atoms with Crippen molar-refractivity contribution >= 4 is 27.2 Å². The van der Waals surface area contributed by atoms with E-state index in [4.69, 9.17) is 17.0 Å². The van der Waals surface area contributed by atoms with Crippen LogP contribution in [0.5, 0.6) is 0 Å². The monoisotopic (exact) mass is 237 g/mol. The maximum absolute atomic E-state index is 11.1. The molecule has 0 spiro atoms. The molecule has 6 heteroatoms. The second-order valence-corrected chi connectivity index (χ2v) is 6.30. The maximum Gasteiger partial charge on any atom is 0.257 e. The zero-order chi connectivity index (χ0) is 10.8. The van der Waals surface area contributed by atoms with Crippen LogP contribution in [-0.2, 0) is 14.6 Å². The van der Waals surface area contributed by atoms with Crippen LogP contribution in [0.1, 0.15) is 20.3 Å². The van der Waals surface area contributed by atoms with Crippen molar-refractivity contribution in [2.75, 3.05) is 11.5 Å². The molecule has 1 N–H and O–H groups in total. The molecule has 1 atom stereocenters. The fraction of sp³-hybridized carbons (Fsp3) is 0.875. The number of hydrogen-bond donors (Lipinski definition) is 1. The minimum Gasteiger partial charge on any atom is -0.468 e. The molecule has 0 unspecified atom stereocenters. The van der Waals surface area contributed by atoms with Gasteiger partial charge in [0.1, 0.15) is 0 Å². The first-order chi connectivity index (χ1) is 6.39. The van der Waals surface area contributed by atoms with Gasteiger partial charge in [-0.1, -0.05) is 0 Å². The first kappa shape index (κ1) is 11.7. The fourth-order valence-corrected chi connectivity index (χ4v) is 3.36. The van der Waals surface area contributed by atoms with E-state index in [0.29, 0.717) is 11.6 Å². The molecular formula is C8H15NO3S2. The van der Waals surface area contributed by atoms with Crippen molar-refractivity contribution in [2.24, 2.45) is 0 Å². The zero-order valence-electron chi connectivity index (χ0n) is 8.32. The van der Waals surface area contributed by atoms with Crippen LogP contribution >= 0.6 is 12.2 Å². The summed E-state index contributed by atoms with van der Waals surface area (Å²) in [4.78, 5) is 0. The largest absolute Gasteiger partial charge is 0.468 e. The summed E-state index contributed by atoms with van der Waals surface area (Å²) in [5, 5.41) is 3.19. The highest BCUT2D eigenvalue weighted by Gasteiger charge is 2.28. The van der Waals surface area contributed by atoms with Crippen LogP contribution in [0.2, 0.25) is 0 Å². The number of hydrogen-bond acceptors (Lipinski definition) is 4. The summed E-state index contributed by atoms with van der Waals surface area (Å²) < 4.78 is 27.4. The Morgan fingerprint density at radius 1 is 1.57 bits per heavy atom. The molecule has 4 nitrogen and oxygen atoms in total. The molecule has 0 aromatic rings. The van der Waals surface area contributed by atoms with Crippen molar-refractivity contribution in [3.63, 3.8) is 0 Å². The Kier molecular flexibility index (Phi) is 3.71. The average molecular weight is 237 g/mol. The Hall–Kier alpha value is -0.360. The van der Waals surface area contributed by atoms with Crippen LogP contribution in [0.4, 0.5) is 0 Å². The lowest BCUT2D eigenvalue weighted by Crippen LogP contribution is -2.36. The molecule has 1 fully saturated rings. The van der Waals surface area contributed by atoms with Gasteiger partial charge in [0.05, 0.1) is 17.6 Å². The highest BCUT2D eigenvalue weighted by atomic mass is 32.2. The predicted molar refractivity (Wildman–Crippen MR) is 59.0 cm³/mol.